The third kappa shape index (κ3) is 5.37. The summed E-state index contributed by atoms with van der Waals surface area (Å²) in [5.74, 6) is -0.685. The second-order valence-corrected chi connectivity index (χ2v) is 6.59. The van der Waals surface area contributed by atoms with Crippen molar-refractivity contribution in [3.63, 3.8) is 0 Å². The zero-order chi connectivity index (χ0) is 18.3. The van der Waals surface area contributed by atoms with Crippen LogP contribution in [0.25, 0.3) is 0 Å². The topological polar surface area (TPSA) is 84.5 Å². The molecule has 0 saturated carbocycles. The van der Waals surface area contributed by atoms with Gasteiger partial charge in [-0.25, -0.2) is 4.79 Å². The first-order chi connectivity index (χ1) is 11.2. The fraction of sp³-hybridized carbons (Fsp3) is 0.500. The summed E-state index contributed by atoms with van der Waals surface area (Å²) in [5, 5.41) is 5.49. The number of carbonyl (C=O) groups is 3. The van der Waals surface area contributed by atoms with Crippen LogP contribution in [-0.4, -0.2) is 31.4 Å². The van der Waals surface area contributed by atoms with Gasteiger partial charge < -0.3 is 15.4 Å². The van der Waals surface area contributed by atoms with Crippen LogP contribution in [0.1, 0.15) is 44.5 Å². The van der Waals surface area contributed by atoms with Crippen LogP contribution in [0.5, 0.6) is 0 Å². The lowest BCUT2D eigenvalue weighted by Crippen LogP contribution is -2.45. The molecule has 0 radical (unpaired) electrons. The van der Waals surface area contributed by atoms with Crippen LogP contribution in [0.2, 0.25) is 0 Å². The largest absolute Gasteiger partial charge is 0.465 e. The summed E-state index contributed by atoms with van der Waals surface area (Å²) in [7, 11) is 1.30. The number of methoxy groups -OCH3 is 1. The van der Waals surface area contributed by atoms with E-state index < -0.39 is 17.3 Å². The molecule has 0 heterocycles. The first kappa shape index (κ1) is 19.7. The van der Waals surface area contributed by atoms with E-state index in [1.165, 1.54) is 7.11 Å². The van der Waals surface area contributed by atoms with Crippen molar-refractivity contribution in [3.05, 3.63) is 29.8 Å². The number of esters is 1. The molecule has 2 amide bonds. The fourth-order valence-electron chi connectivity index (χ4n) is 1.89. The maximum atomic E-state index is 12.4. The first-order valence-electron chi connectivity index (χ1n) is 7.96. The van der Waals surface area contributed by atoms with Crippen molar-refractivity contribution in [2.24, 2.45) is 11.3 Å². The Morgan fingerprint density at radius 2 is 1.67 bits per heavy atom. The van der Waals surface area contributed by atoms with E-state index in [0.29, 0.717) is 23.7 Å². The molecule has 0 saturated heterocycles. The van der Waals surface area contributed by atoms with E-state index in [1.54, 1.807) is 38.1 Å². The Balaban J connectivity index is 2.67. The minimum absolute atomic E-state index is 0.313. The molecule has 0 aliphatic carbocycles. The number of hydrogen-bond acceptors (Lipinski definition) is 4. The summed E-state index contributed by atoms with van der Waals surface area (Å²) in [6, 6.07) is 6.29. The minimum atomic E-state index is -1.20. The van der Waals surface area contributed by atoms with Gasteiger partial charge in [0.05, 0.1) is 12.7 Å². The van der Waals surface area contributed by atoms with Gasteiger partial charge in [-0.15, -0.1) is 0 Å². The van der Waals surface area contributed by atoms with Gasteiger partial charge in [-0.3, -0.25) is 9.59 Å². The lowest BCUT2D eigenvalue weighted by molar-refractivity contribution is -0.138. The summed E-state index contributed by atoms with van der Waals surface area (Å²) in [4.78, 5) is 36.0. The standard InChI is InChI=1S/C18H26N2O4/c1-12(2)10-11-19-16(22)18(3,4)17(23)20-14-8-6-13(7-9-14)15(21)24-5/h6-9,12H,10-11H2,1-5H3,(H,19,22)(H,20,23). The molecule has 0 aliphatic heterocycles. The molecule has 132 valence electrons. The maximum Gasteiger partial charge on any atom is 0.337 e. The zero-order valence-corrected chi connectivity index (χ0v) is 14.9. The van der Waals surface area contributed by atoms with Crippen LogP contribution in [-0.2, 0) is 14.3 Å². The SMILES string of the molecule is COC(=O)c1ccc(NC(=O)C(C)(C)C(=O)NCCC(C)C)cc1. The predicted molar refractivity (Wildman–Crippen MR) is 92.7 cm³/mol. The molecule has 0 bridgehead atoms. The Kier molecular flexibility index (Phi) is 6.95. The van der Waals surface area contributed by atoms with Crippen molar-refractivity contribution in [2.75, 3.05) is 19.0 Å². The van der Waals surface area contributed by atoms with E-state index in [-0.39, 0.29) is 5.91 Å². The molecule has 1 rings (SSSR count). The molecular weight excluding hydrogens is 308 g/mol. The van der Waals surface area contributed by atoms with Crippen molar-refractivity contribution in [2.45, 2.75) is 34.1 Å². The van der Waals surface area contributed by atoms with E-state index in [0.717, 1.165) is 6.42 Å². The minimum Gasteiger partial charge on any atom is -0.465 e. The van der Waals surface area contributed by atoms with E-state index in [4.69, 9.17) is 0 Å². The van der Waals surface area contributed by atoms with Gasteiger partial charge >= 0.3 is 5.97 Å². The molecule has 0 aliphatic rings. The quantitative estimate of drug-likeness (QED) is 0.593. The van der Waals surface area contributed by atoms with Gasteiger partial charge in [0.25, 0.3) is 0 Å². The van der Waals surface area contributed by atoms with Crippen LogP contribution in [0, 0.1) is 11.3 Å². The molecule has 0 spiro atoms. The Labute approximate surface area is 143 Å². The molecular formula is C18H26N2O4. The Bertz CT molecular complexity index is 592. The summed E-state index contributed by atoms with van der Waals surface area (Å²) in [6.07, 6.45) is 0.860. The highest BCUT2D eigenvalue weighted by Gasteiger charge is 2.35. The summed E-state index contributed by atoms with van der Waals surface area (Å²) < 4.78 is 4.62. The fourth-order valence-corrected chi connectivity index (χ4v) is 1.89. The smallest absolute Gasteiger partial charge is 0.337 e. The second-order valence-electron chi connectivity index (χ2n) is 6.59. The van der Waals surface area contributed by atoms with Crippen molar-refractivity contribution in [3.8, 4) is 0 Å². The normalized spacial score (nSPS) is 11.1. The number of nitrogens with one attached hydrogen (secondary N) is 2. The van der Waals surface area contributed by atoms with E-state index in [1.807, 2.05) is 0 Å². The van der Waals surface area contributed by atoms with Crippen LogP contribution in [0.3, 0.4) is 0 Å². The average Bonchev–Trinajstić information content (AvgIpc) is 2.54. The summed E-state index contributed by atoms with van der Waals surface area (Å²) in [6.45, 7) is 7.84. The van der Waals surface area contributed by atoms with Gasteiger partial charge in [0, 0.05) is 12.2 Å². The number of amides is 2. The number of rotatable bonds is 7. The molecule has 6 nitrogen and oxygen atoms in total. The maximum absolute atomic E-state index is 12.4. The lowest BCUT2D eigenvalue weighted by Gasteiger charge is -2.23. The second kappa shape index (κ2) is 8.47. The van der Waals surface area contributed by atoms with Gasteiger partial charge in [-0.05, 0) is 50.5 Å². The molecule has 0 atom stereocenters. The van der Waals surface area contributed by atoms with Gasteiger partial charge in [0.1, 0.15) is 5.41 Å². The molecule has 0 aromatic heterocycles. The summed E-state index contributed by atoms with van der Waals surface area (Å²) in [5.41, 5.74) is -0.297. The third-order valence-electron chi connectivity index (χ3n) is 3.71. The van der Waals surface area contributed by atoms with Gasteiger partial charge in [0.15, 0.2) is 0 Å². The van der Waals surface area contributed by atoms with Crippen molar-refractivity contribution in [1.29, 1.82) is 0 Å². The van der Waals surface area contributed by atoms with Crippen LogP contribution in [0.4, 0.5) is 5.69 Å². The monoisotopic (exact) mass is 334 g/mol. The lowest BCUT2D eigenvalue weighted by atomic mass is 9.90. The molecule has 0 fully saturated rings. The number of ether oxygens (including phenoxy) is 1. The number of carbonyl (C=O) groups excluding carboxylic acids is 3. The van der Waals surface area contributed by atoms with Crippen molar-refractivity contribution in [1.82, 2.24) is 5.32 Å². The summed E-state index contributed by atoms with van der Waals surface area (Å²) >= 11 is 0. The highest BCUT2D eigenvalue weighted by atomic mass is 16.5. The van der Waals surface area contributed by atoms with E-state index >= 15 is 0 Å². The Morgan fingerprint density at radius 3 is 2.17 bits per heavy atom. The molecule has 1 aromatic carbocycles. The molecule has 1 aromatic rings. The van der Waals surface area contributed by atoms with E-state index in [2.05, 4.69) is 29.2 Å². The number of anilines is 1. The van der Waals surface area contributed by atoms with Crippen LogP contribution < -0.4 is 10.6 Å². The van der Waals surface area contributed by atoms with Crippen molar-refractivity contribution < 1.29 is 19.1 Å². The average molecular weight is 334 g/mol. The van der Waals surface area contributed by atoms with Crippen LogP contribution >= 0.6 is 0 Å². The molecule has 0 unspecified atom stereocenters. The van der Waals surface area contributed by atoms with Crippen molar-refractivity contribution >= 4 is 23.5 Å². The highest BCUT2D eigenvalue weighted by molar-refractivity contribution is 6.09. The van der Waals surface area contributed by atoms with E-state index in [9.17, 15) is 14.4 Å². The molecule has 2 N–H and O–H groups in total. The Hall–Kier alpha value is -2.37. The third-order valence-corrected chi connectivity index (χ3v) is 3.71. The van der Waals surface area contributed by atoms with Gasteiger partial charge in [0.2, 0.25) is 11.8 Å². The first-order valence-corrected chi connectivity index (χ1v) is 7.96. The number of benzene rings is 1. The zero-order valence-electron chi connectivity index (χ0n) is 14.9. The van der Waals surface area contributed by atoms with Gasteiger partial charge in [-0.1, -0.05) is 13.8 Å². The number of hydrogen-bond donors (Lipinski definition) is 2. The molecule has 6 heteroatoms. The highest BCUT2D eigenvalue weighted by Crippen LogP contribution is 2.19. The molecule has 24 heavy (non-hydrogen) atoms. The predicted octanol–water partition coefficient (Wildman–Crippen LogP) is 2.60. The Morgan fingerprint density at radius 1 is 1.08 bits per heavy atom. The van der Waals surface area contributed by atoms with Gasteiger partial charge in [-0.2, -0.15) is 0 Å². The van der Waals surface area contributed by atoms with Crippen LogP contribution in [0.15, 0.2) is 24.3 Å².